The molecule has 1 aromatic rings. The predicted octanol–water partition coefficient (Wildman–Crippen LogP) is 2.80. The van der Waals surface area contributed by atoms with E-state index in [4.69, 9.17) is 0 Å². The lowest BCUT2D eigenvalue weighted by molar-refractivity contribution is -0.144. The minimum absolute atomic E-state index is 0.00354. The third kappa shape index (κ3) is 5.67. The molecule has 2 aliphatic rings. The molecule has 0 radical (unpaired) electrons. The summed E-state index contributed by atoms with van der Waals surface area (Å²) < 4.78 is 13.3. The van der Waals surface area contributed by atoms with Gasteiger partial charge in [0.2, 0.25) is 23.6 Å². The van der Waals surface area contributed by atoms with Crippen molar-refractivity contribution in [2.45, 2.75) is 58.5 Å². The van der Waals surface area contributed by atoms with Crippen LogP contribution in [0.3, 0.4) is 0 Å². The van der Waals surface area contributed by atoms with Crippen LogP contribution in [0.25, 0.3) is 0 Å². The summed E-state index contributed by atoms with van der Waals surface area (Å²) in [5.41, 5.74) is 0.692. The number of carbonyl (C=O) groups is 4. The summed E-state index contributed by atoms with van der Waals surface area (Å²) in [6.07, 6.45) is 6.05. The summed E-state index contributed by atoms with van der Waals surface area (Å²) in [5, 5.41) is 2.84. The number of fused-ring (bicyclic) bond motifs is 1. The van der Waals surface area contributed by atoms with Crippen LogP contribution in [0.2, 0.25) is 0 Å². The van der Waals surface area contributed by atoms with Crippen molar-refractivity contribution < 1.29 is 23.6 Å². The molecule has 3 atom stereocenters. The van der Waals surface area contributed by atoms with Crippen LogP contribution in [0.4, 0.5) is 4.39 Å². The molecule has 7 nitrogen and oxygen atoms in total. The van der Waals surface area contributed by atoms with Crippen molar-refractivity contribution in [3.63, 3.8) is 0 Å². The number of likely N-dealkylation sites (tertiary alicyclic amines) is 1. The maximum atomic E-state index is 13.3. The Morgan fingerprint density at radius 2 is 1.70 bits per heavy atom. The number of hydrogen-bond donors (Lipinski definition) is 1. The highest BCUT2D eigenvalue weighted by Gasteiger charge is 2.47. The SMILES string of the molecule is CCCNC(=O)[C@H](CC)N(Cc1ccc(F)cc1)C(=O)CCN1C(=O)[C@H]2CC=CC[C@H]2C1=O. The van der Waals surface area contributed by atoms with E-state index in [0.29, 0.717) is 31.4 Å². The quantitative estimate of drug-likeness (QED) is 0.432. The van der Waals surface area contributed by atoms with Crippen LogP contribution in [0.1, 0.15) is 51.5 Å². The zero-order chi connectivity index (χ0) is 24.0. The molecule has 0 saturated carbocycles. The Morgan fingerprint density at radius 1 is 1.09 bits per heavy atom. The molecule has 0 unspecified atom stereocenters. The Labute approximate surface area is 194 Å². The number of rotatable bonds is 10. The van der Waals surface area contributed by atoms with Gasteiger partial charge in [-0.05, 0) is 43.4 Å². The minimum Gasteiger partial charge on any atom is -0.354 e. The number of hydrogen-bond acceptors (Lipinski definition) is 4. The van der Waals surface area contributed by atoms with Crippen LogP contribution in [0.15, 0.2) is 36.4 Å². The van der Waals surface area contributed by atoms with E-state index in [9.17, 15) is 23.6 Å². The summed E-state index contributed by atoms with van der Waals surface area (Å²) in [7, 11) is 0. The highest BCUT2D eigenvalue weighted by Crippen LogP contribution is 2.35. The molecule has 1 N–H and O–H groups in total. The van der Waals surface area contributed by atoms with Gasteiger partial charge in [-0.1, -0.05) is 38.1 Å². The summed E-state index contributed by atoms with van der Waals surface area (Å²) in [4.78, 5) is 54.2. The summed E-state index contributed by atoms with van der Waals surface area (Å²) in [5.74, 6) is -2.08. The topological polar surface area (TPSA) is 86.8 Å². The van der Waals surface area contributed by atoms with Gasteiger partial charge >= 0.3 is 0 Å². The zero-order valence-electron chi connectivity index (χ0n) is 19.3. The first-order chi connectivity index (χ1) is 15.9. The van der Waals surface area contributed by atoms with Crippen molar-refractivity contribution in [3.8, 4) is 0 Å². The molecule has 0 spiro atoms. The number of halogens is 1. The van der Waals surface area contributed by atoms with E-state index < -0.39 is 6.04 Å². The van der Waals surface area contributed by atoms with E-state index in [1.54, 1.807) is 12.1 Å². The molecule has 4 amide bonds. The molecule has 1 aliphatic carbocycles. The highest BCUT2D eigenvalue weighted by molar-refractivity contribution is 6.05. The smallest absolute Gasteiger partial charge is 0.242 e. The van der Waals surface area contributed by atoms with Gasteiger partial charge in [0.15, 0.2) is 0 Å². The molecule has 1 aliphatic heterocycles. The fraction of sp³-hybridized carbons (Fsp3) is 0.520. The number of nitrogens with zero attached hydrogens (tertiary/aromatic N) is 2. The van der Waals surface area contributed by atoms with Gasteiger partial charge in [0.05, 0.1) is 11.8 Å². The van der Waals surface area contributed by atoms with Crippen LogP contribution in [-0.2, 0) is 25.7 Å². The molecule has 3 rings (SSSR count). The van der Waals surface area contributed by atoms with Crippen molar-refractivity contribution >= 4 is 23.6 Å². The lowest BCUT2D eigenvalue weighted by Gasteiger charge is -2.31. The van der Waals surface area contributed by atoms with Crippen LogP contribution in [-0.4, -0.2) is 52.6 Å². The van der Waals surface area contributed by atoms with Crippen LogP contribution in [0, 0.1) is 17.7 Å². The van der Waals surface area contributed by atoms with Crippen molar-refractivity contribution in [1.29, 1.82) is 0 Å². The van der Waals surface area contributed by atoms with Crippen LogP contribution < -0.4 is 5.32 Å². The Kier molecular flexibility index (Phi) is 8.36. The number of amides is 4. The molecule has 1 fully saturated rings. The maximum Gasteiger partial charge on any atom is 0.242 e. The number of carbonyl (C=O) groups excluding carboxylic acids is 4. The van der Waals surface area contributed by atoms with Crippen LogP contribution >= 0.6 is 0 Å². The second kappa shape index (κ2) is 11.2. The van der Waals surface area contributed by atoms with Gasteiger partial charge in [0, 0.05) is 26.1 Å². The van der Waals surface area contributed by atoms with Gasteiger partial charge < -0.3 is 10.2 Å². The van der Waals surface area contributed by atoms with Crippen molar-refractivity contribution in [3.05, 3.63) is 47.8 Å². The first-order valence-corrected chi connectivity index (χ1v) is 11.7. The fourth-order valence-corrected chi connectivity index (χ4v) is 4.51. The van der Waals surface area contributed by atoms with Gasteiger partial charge in [-0.3, -0.25) is 24.1 Å². The minimum atomic E-state index is -0.703. The Morgan fingerprint density at radius 3 is 2.24 bits per heavy atom. The summed E-state index contributed by atoms with van der Waals surface area (Å²) >= 11 is 0. The number of nitrogens with one attached hydrogen (secondary N) is 1. The maximum absolute atomic E-state index is 13.3. The molecule has 8 heteroatoms. The summed E-state index contributed by atoms with van der Waals surface area (Å²) in [6, 6.07) is 5.08. The van der Waals surface area contributed by atoms with Gasteiger partial charge in [-0.2, -0.15) is 0 Å². The number of imide groups is 1. The third-order valence-corrected chi connectivity index (χ3v) is 6.35. The summed E-state index contributed by atoms with van der Waals surface area (Å²) in [6.45, 7) is 4.40. The lowest BCUT2D eigenvalue weighted by Crippen LogP contribution is -2.49. The van der Waals surface area contributed by atoms with Gasteiger partial charge in [-0.25, -0.2) is 4.39 Å². The molecule has 1 aromatic carbocycles. The fourth-order valence-electron chi connectivity index (χ4n) is 4.51. The Hall–Kier alpha value is -3.03. The van der Waals surface area contributed by atoms with Gasteiger partial charge in [-0.15, -0.1) is 0 Å². The van der Waals surface area contributed by atoms with Gasteiger partial charge in [0.25, 0.3) is 0 Å². The van der Waals surface area contributed by atoms with E-state index in [2.05, 4.69) is 5.32 Å². The average Bonchev–Trinajstić information content (AvgIpc) is 3.07. The number of allylic oxidation sites excluding steroid dienone is 2. The van der Waals surface area contributed by atoms with E-state index in [-0.39, 0.29) is 60.8 Å². The van der Waals surface area contributed by atoms with E-state index in [1.165, 1.54) is 21.9 Å². The second-order valence-electron chi connectivity index (χ2n) is 8.60. The molecule has 33 heavy (non-hydrogen) atoms. The second-order valence-corrected chi connectivity index (χ2v) is 8.60. The standard InChI is InChI=1S/C25H32FN3O4/c1-3-14-27-23(31)21(4-2)29(16-17-9-11-18(26)12-10-17)22(30)13-15-28-24(32)19-7-5-6-8-20(19)25(28)33/h5-6,9-12,19-21H,3-4,7-8,13-16H2,1-2H3,(H,27,31)/t19-,20+,21-/m0/s1. The van der Waals surface area contributed by atoms with Gasteiger partial charge in [0.1, 0.15) is 11.9 Å². The Bertz CT molecular complexity index is 889. The van der Waals surface area contributed by atoms with E-state index in [0.717, 1.165) is 6.42 Å². The molecule has 1 heterocycles. The molecule has 178 valence electrons. The van der Waals surface area contributed by atoms with Crippen molar-refractivity contribution in [1.82, 2.24) is 15.1 Å². The van der Waals surface area contributed by atoms with Crippen LogP contribution in [0.5, 0.6) is 0 Å². The van der Waals surface area contributed by atoms with Crippen molar-refractivity contribution in [2.75, 3.05) is 13.1 Å². The molecule has 0 bridgehead atoms. The Balaban J connectivity index is 1.73. The largest absolute Gasteiger partial charge is 0.354 e. The highest BCUT2D eigenvalue weighted by atomic mass is 19.1. The van der Waals surface area contributed by atoms with Crippen molar-refractivity contribution in [2.24, 2.45) is 11.8 Å². The average molecular weight is 458 g/mol. The molecule has 0 aromatic heterocycles. The normalized spacial score (nSPS) is 20.5. The zero-order valence-corrected chi connectivity index (χ0v) is 19.3. The first-order valence-electron chi connectivity index (χ1n) is 11.7. The van der Waals surface area contributed by atoms with E-state index in [1.807, 2.05) is 26.0 Å². The third-order valence-electron chi connectivity index (χ3n) is 6.35. The van der Waals surface area contributed by atoms with E-state index >= 15 is 0 Å². The molecular weight excluding hydrogens is 425 g/mol. The molecule has 1 saturated heterocycles. The predicted molar refractivity (Wildman–Crippen MR) is 121 cm³/mol. The lowest BCUT2D eigenvalue weighted by atomic mass is 9.85. The monoisotopic (exact) mass is 457 g/mol. The first kappa shape index (κ1) is 24.6. The molecular formula is C25H32FN3O4. The number of benzene rings is 1.